The van der Waals surface area contributed by atoms with Crippen LogP contribution in [0.3, 0.4) is 0 Å². The van der Waals surface area contributed by atoms with E-state index in [4.69, 9.17) is 0 Å². The second kappa shape index (κ2) is 6.51. The van der Waals surface area contributed by atoms with Crippen molar-refractivity contribution in [2.24, 2.45) is 5.41 Å². The van der Waals surface area contributed by atoms with Crippen LogP contribution < -0.4 is 5.32 Å². The van der Waals surface area contributed by atoms with Gasteiger partial charge in [-0.05, 0) is 18.9 Å². The summed E-state index contributed by atoms with van der Waals surface area (Å²) < 4.78 is 0. The molecule has 7 heteroatoms. The molecule has 0 aromatic carbocycles. The summed E-state index contributed by atoms with van der Waals surface area (Å²) in [5.74, 6) is -0.810. The van der Waals surface area contributed by atoms with E-state index in [1.54, 1.807) is 17.2 Å². The Morgan fingerprint density at radius 2 is 2.33 bits per heavy atom. The van der Waals surface area contributed by atoms with Gasteiger partial charge in [0.05, 0.1) is 17.7 Å². The smallest absolute Gasteiger partial charge is 0.317 e. The highest BCUT2D eigenvalue weighted by Crippen LogP contribution is 2.35. The molecule has 0 spiro atoms. The first kappa shape index (κ1) is 15.2. The molecule has 1 fully saturated rings. The molecule has 0 aliphatic carbocycles. The highest BCUT2D eigenvalue weighted by atomic mass is 16.4. The summed E-state index contributed by atoms with van der Waals surface area (Å²) in [4.78, 5) is 33.0. The number of carboxylic acid groups (broad SMARTS) is 1. The molecule has 2 rings (SSSR count). The van der Waals surface area contributed by atoms with E-state index < -0.39 is 11.4 Å². The molecule has 1 aromatic rings. The lowest BCUT2D eigenvalue weighted by Crippen LogP contribution is -2.41. The fraction of sp³-hybridized carbons (Fsp3) is 0.571. The molecule has 0 radical (unpaired) electrons. The lowest BCUT2D eigenvalue weighted by atomic mass is 9.83. The van der Waals surface area contributed by atoms with Gasteiger partial charge in [-0.2, -0.15) is 0 Å². The summed E-state index contributed by atoms with van der Waals surface area (Å²) in [6.45, 7) is 3.02. The van der Waals surface area contributed by atoms with Crippen molar-refractivity contribution in [2.75, 3.05) is 13.1 Å². The standard InChI is InChI=1S/C14H20N4O3/c1-2-4-14(12(19)20)5-7-18(9-14)13(21)16-8-11-3-6-15-10-17-11/h3,6,10H,2,4-5,7-9H2,1H3,(H,16,21)(H,19,20). The minimum Gasteiger partial charge on any atom is -0.481 e. The van der Waals surface area contributed by atoms with Crippen LogP contribution in [0.1, 0.15) is 31.9 Å². The molecule has 1 aliphatic rings. The fourth-order valence-electron chi connectivity index (χ4n) is 2.71. The van der Waals surface area contributed by atoms with Crippen LogP contribution in [0.15, 0.2) is 18.6 Å². The first-order valence-electron chi connectivity index (χ1n) is 7.08. The number of urea groups is 1. The Morgan fingerprint density at radius 3 is 2.95 bits per heavy atom. The van der Waals surface area contributed by atoms with Crippen LogP contribution >= 0.6 is 0 Å². The Kier molecular flexibility index (Phi) is 4.72. The second-order valence-corrected chi connectivity index (χ2v) is 5.37. The predicted molar refractivity (Wildman–Crippen MR) is 75.4 cm³/mol. The summed E-state index contributed by atoms with van der Waals surface area (Å²) in [5, 5.41) is 12.2. The molecule has 0 saturated carbocycles. The van der Waals surface area contributed by atoms with Crippen LogP contribution in [0.2, 0.25) is 0 Å². The van der Waals surface area contributed by atoms with E-state index >= 15 is 0 Å². The third-order valence-electron chi connectivity index (χ3n) is 3.89. The molecule has 1 atom stereocenters. The zero-order valence-corrected chi connectivity index (χ0v) is 12.1. The lowest BCUT2D eigenvalue weighted by molar-refractivity contribution is -0.148. The average molecular weight is 292 g/mol. The lowest BCUT2D eigenvalue weighted by Gasteiger charge is -2.24. The van der Waals surface area contributed by atoms with Gasteiger partial charge in [0.25, 0.3) is 0 Å². The number of aromatic nitrogens is 2. The van der Waals surface area contributed by atoms with Crippen molar-refractivity contribution in [2.45, 2.75) is 32.7 Å². The van der Waals surface area contributed by atoms with Crippen LogP contribution in [0, 0.1) is 5.41 Å². The topological polar surface area (TPSA) is 95.4 Å². The minimum atomic E-state index is -0.810. The number of hydrogen-bond donors (Lipinski definition) is 2. The first-order chi connectivity index (χ1) is 10.1. The van der Waals surface area contributed by atoms with Gasteiger partial charge in [-0.1, -0.05) is 13.3 Å². The minimum absolute atomic E-state index is 0.243. The summed E-state index contributed by atoms with van der Waals surface area (Å²) >= 11 is 0. The average Bonchev–Trinajstić information content (AvgIpc) is 2.92. The van der Waals surface area contributed by atoms with Crippen LogP contribution in [-0.4, -0.2) is 45.1 Å². The predicted octanol–water partition coefficient (Wildman–Crippen LogP) is 1.26. The molecule has 21 heavy (non-hydrogen) atoms. The maximum absolute atomic E-state index is 12.1. The van der Waals surface area contributed by atoms with Gasteiger partial charge in [0.15, 0.2) is 0 Å². The van der Waals surface area contributed by atoms with Crippen molar-refractivity contribution >= 4 is 12.0 Å². The van der Waals surface area contributed by atoms with Crippen molar-refractivity contribution in [1.29, 1.82) is 0 Å². The summed E-state index contributed by atoms with van der Waals surface area (Å²) in [7, 11) is 0. The number of likely N-dealkylation sites (tertiary alicyclic amines) is 1. The molecule has 114 valence electrons. The largest absolute Gasteiger partial charge is 0.481 e. The molecule has 1 unspecified atom stereocenters. The van der Waals surface area contributed by atoms with Crippen molar-refractivity contribution in [1.82, 2.24) is 20.2 Å². The number of nitrogens with zero attached hydrogens (tertiary/aromatic N) is 3. The molecule has 2 heterocycles. The van der Waals surface area contributed by atoms with Crippen LogP contribution in [-0.2, 0) is 11.3 Å². The number of carbonyl (C=O) groups is 2. The number of carbonyl (C=O) groups excluding carboxylic acids is 1. The van der Waals surface area contributed by atoms with Gasteiger partial charge in [-0.3, -0.25) is 4.79 Å². The van der Waals surface area contributed by atoms with Gasteiger partial charge < -0.3 is 15.3 Å². The fourth-order valence-corrected chi connectivity index (χ4v) is 2.71. The second-order valence-electron chi connectivity index (χ2n) is 5.37. The summed E-state index contributed by atoms with van der Waals surface area (Å²) in [6, 6.07) is 1.48. The summed E-state index contributed by atoms with van der Waals surface area (Å²) in [6.07, 6.45) is 4.94. The Labute approximate surface area is 123 Å². The van der Waals surface area contributed by atoms with E-state index in [1.807, 2.05) is 6.92 Å². The van der Waals surface area contributed by atoms with E-state index in [0.29, 0.717) is 25.9 Å². The number of rotatable bonds is 5. The van der Waals surface area contributed by atoms with Gasteiger partial charge in [-0.25, -0.2) is 14.8 Å². The Balaban J connectivity index is 1.91. The van der Waals surface area contributed by atoms with Crippen LogP contribution in [0.5, 0.6) is 0 Å². The van der Waals surface area contributed by atoms with Crippen LogP contribution in [0.4, 0.5) is 4.79 Å². The Bertz CT molecular complexity index is 508. The number of carboxylic acids is 1. The van der Waals surface area contributed by atoms with Gasteiger partial charge in [-0.15, -0.1) is 0 Å². The van der Waals surface area contributed by atoms with Crippen molar-refractivity contribution in [3.63, 3.8) is 0 Å². The van der Waals surface area contributed by atoms with Gasteiger partial charge in [0.2, 0.25) is 0 Å². The molecule has 7 nitrogen and oxygen atoms in total. The normalized spacial score (nSPS) is 21.3. The third kappa shape index (κ3) is 3.48. The van der Waals surface area contributed by atoms with Gasteiger partial charge in [0, 0.05) is 19.3 Å². The van der Waals surface area contributed by atoms with Crippen molar-refractivity contribution in [3.05, 3.63) is 24.3 Å². The molecular weight excluding hydrogens is 272 g/mol. The van der Waals surface area contributed by atoms with E-state index in [1.165, 1.54) is 6.33 Å². The third-order valence-corrected chi connectivity index (χ3v) is 3.89. The van der Waals surface area contributed by atoms with Crippen molar-refractivity contribution < 1.29 is 14.7 Å². The molecule has 1 saturated heterocycles. The van der Waals surface area contributed by atoms with E-state index in [9.17, 15) is 14.7 Å². The molecule has 2 amide bonds. The van der Waals surface area contributed by atoms with E-state index in [2.05, 4.69) is 15.3 Å². The highest BCUT2D eigenvalue weighted by Gasteiger charge is 2.45. The monoisotopic (exact) mass is 292 g/mol. The molecule has 2 N–H and O–H groups in total. The number of amides is 2. The van der Waals surface area contributed by atoms with E-state index in [-0.39, 0.29) is 12.6 Å². The summed E-state index contributed by atoms with van der Waals surface area (Å²) in [5.41, 5.74) is -0.0725. The van der Waals surface area contributed by atoms with Crippen molar-refractivity contribution in [3.8, 4) is 0 Å². The van der Waals surface area contributed by atoms with Gasteiger partial charge in [0.1, 0.15) is 6.33 Å². The van der Waals surface area contributed by atoms with Gasteiger partial charge >= 0.3 is 12.0 Å². The molecule has 1 aromatic heterocycles. The Hall–Kier alpha value is -2.18. The zero-order chi connectivity index (χ0) is 15.3. The number of nitrogens with one attached hydrogen (secondary N) is 1. The number of aliphatic carboxylic acids is 1. The molecular formula is C14H20N4O3. The number of hydrogen-bond acceptors (Lipinski definition) is 4. The van der Waals surface area contributed by atoms with E-state index in [0.717, 1.165) is 12.1 Å². The maximum Gasteiger partial charge on any atom is 0.317 e. The van der Waals surface area contributed by atoms with Crippen LogP contribution in [0.25, 0.3) is 0 Å². The molecule has 1 aliphatic heterocycles. The highest BCUT2D eigenvalue weighted by molar-refractivity contribution is 5.79. The zero-order valence-electron chi connectivity index (χ0n) is 12.1. The Morgan fingerprint density at radius 1 is 1.52 bits per heavy atom. The quantitative estimate of drug-likeness (QED) is 0.852. The first-order valence-corrected chi connectivity index (χ1v) is 7.08. The SMILES string of the molecule is CCCC1(C(=O)O)CCN(C(=O)NCc2ccncn2)C1. The molecule has 0 bridgehead atoms. The maximum atomic E-state index is 12.1.